The molecule has 2 aromatic heterocycles. The Morgan fingerprint density at radius 3 is 2.59 bits per heavy atom. The lowest BCUT2D eigenvalue weighted by molar-refractivity contribution is -0.210. The van der Waals surface area contributed by atoms with Crippen LogP contribution in [0.15, 0.2) is 36.8 Å². The summed E-state index contributed by atoms with van der Waals surface area (Å²) < 4.78 is 5.87. The van der Waals surface area contributed by atoms with Gasteiger partial charge in [0.05, 0.1) is 18.8 Å². The molecule has 7 heteroatoms. The molecule has 2 aromatic rings. The van der Waals surface area contributed by atoms with Gasteiger partial charge in [0, 0.05) is 49.1 Å². The molecule has 3 heterocycles. The van der Waals surface area contributed by atoms with Crippen molar-refractivity contribution in [2.24, 2.45) is 11.1 Å². The van der Waals surface area contributed by atoms with Crippen LogP contribution in [0, 0.1) is 5.41 Å². The summed E-state index contributed by atoms with van der Waals surface area (Å²) in [4.78, 5) is 15.6. The number of pyridine rings is 1. The Hall–Kier alpha value is -1.93. The lowest BCUT2D eigenvalue weighted by atomic mass is 9.58. The van der Waals surface area contributed by atoms with Gasteiger partial charge in [-0.2, -0.15) is 0 Å². The van der Waals surface area contributed by atoms with Crippen LogP contribution in [0.5, 0.6) is 0 Å². The number of likely N-dealkylation sites (tertiary alicyclic amines) is 1. The predicted octanol–water partition coefficient (Wildman–Crippen LogP) is 1.23. The summed E-state index contributed by atoms with van der Waals surface area (Å²) in [5.41, 5.74) is 7.35. The largest absolute Gasteiger partial charge is 0.392 e. The second kappa shape index (κ2) is 7.98. The fourth-order valence-corrected chi connectivity index (χ4v) is 4.28. The first-order valence-electron chi connectivity index (χ1n) is 9.66. The highest BCUT2D eigenvalue weighted by Gasteiger charge is 2.55. The van der Waals surface area contributed by atoms with E-state index < -0.39 is 0 Å². The zero-order chi connectivity index (χ0) is 18.7. The molecular formula is C20H27N5O2. The van der Waals surface area contributed by atoms with E-state index in [2.05, 4.69) is 19.9 Å². The molecule has 2 atom stereocenters. The van der Waals surface area contributed by atoms with Crippen molar-refractivity contribution in [1.29, 1.82) is 0 Å². The summed E-state index contributed by atoms with van der Waals surface area (Å²) in [7, 11) is 0. The van der Waals surface area contributed by atoms with Gasteiger partial charge < -0.3 is 15.6 Å². The van der Waals surface area contributed by atoms with Crippen molar-refractivity contribution in [3.8, 4) is 11.5 Å². The van der Waals surface area contributed by atoms with Crippen LogP contribution in [0.1, 0.15) is 24.8 Å². The number of nitrogens with zero attached hydrogens (tertiary/aromatic N) is 4. The minimum absolute atomic E-state index is 0.0784. The van der Waals surface area contributed by atoms with Gasteiger partial charge in [-0.25, -0.2) is 9.97 Å². The monoisotopic (exact) mass is 369 g/mol. The van der Waals surface area contributed by atoms with E-state index in [1.54, 1.807) is 6.20 Å². The second-order valence-electron chi connectivity index (χ2n) is 7.54. The van der Waals surface area contributed by atoms with Gasteiger partial charge in [0.2, 0.25) is 0 Å². The molecule has 3 N–H and O–H groups in total. The quantitative estimate of drug-likeness (QED) is 0.790. The normalized spacial score (nSPS) is 24.7. The van der Waals surface area contributed by atoms with Gasteiger partial charge in [-0.3, -0.25) is 9.88 Å². The zero-order valence-electron chi connectivity index (χ0n) is 15.5. The van der Waals surface area contributed by atoms with Crippen LogP contribution in [0.2, 0.25) is 0 Å². The van der Waals surface area contributed by atoms with E-state index >= 15 is 0 Å². The molecule has 1 spiro atoms. The van der Waals surface area contributed by atoms with Crippen LogP contribution in [-0.2, 0) is 11.3 Å². The Kier molecular flexibility index (Phi) is 5.45. The first-order chi connectivity index (χ1) is 13.2. The molecule has 1 saturated carbocycles. The fourth-order valence-electron chi connectivity index (χ4n) is 4.28. The molecule has 4 rings (SSSR count). The van der Waals surface area contributed by atoms with Gasteiger partial charge in [-0.05, 0) is 38.1 Å². The van der Waals surface area contributed by atoms with E-state index in [1.807, 2.05) is 30.6 Å². The van der Waals surface area contributed by atoms with Crippen molar-refractivity contribution >= 4 is 0 Å². The number of aromatic nitrogens is 3. The Morgan fingerprint density at radius 1 is 1.19 bits per heavy atom. The Bertz CT molecular complexity index is 732. The first kappa shape index (κ1) is 18.4. The maximum atomic E-state index is 10.4. The molecule has 0 bridgehead atoms. The summed E-state index contributed by atoms with van der Waals surface area (Å²) in [5, 5.41) is 10.4. The Balaban J connectivity index is 1.33. The highest BCUT2D eigenvalue weighted by Crippen LogP contribution is 2.51. The molecular weight excluding hydrogens is 342 g/mol. The van der Waals surface area contributed by atoms with Crippen molar-refractivity contribution in [3.63, 3.8) is 0 Å². The third kappa shape index (κ3) is 3.73. The van der Waals surface area contributed by atoms with Crippen LogP contribution in [-0.4, -0.2) is 63.4 Å². The van der Waals surface area contributed by atoms with E-state index in [4.69, 9.17) is 10.5 Å². The van der Waals surface area contributed by atoms with E-state index in [1.165, 1.54) is 0 Å². The summed E-state index contributed by atoms with van der Waals surface area (Å²) in [6.07, 6.45) is 8.06. The van der Waals surface area contributed by atoms with E-state index in [9.17, 15) is 5.11 Å². The average Bonchev–Trinajstić information content (AvgIpc) is 2.73. The van der Waals surface area contributed by atoms with Crippen molar-refractivity contribution in [3.05, 3.63) is 42.4 Å². The van der Waals surface area contributed by atoms with Gasteiger partial charge in [-0.15, -0.1) is 0 Å². The Labute approximate surface area is 159 Å². The number of rotatable bonds is 6. The predicted molar refractivity (Wildman–Crippen MR) is 102 cm³/mol. The molecule has 2 unspecified atom stereocenters. The molecule has 1 aliphatic carbocycles. The minimum Gasteiger partial charge on any atom is -0.392 e. The number of aliphatic hydroxyl groups is 1. The minimum atomic E-state index is -0.247. The van der Waals surface area contributed by atoms with Crippen LogP contribution < -0.4 is 5.73 Å². The number of ether oxygens (including phenoxy) is 1. The van der Waals surface area contributed by atoms with Crippen molar-refractivity contribution in [2.75, 3.05) is 26.2 Å². The topological polar surface area (TPSA) is 97.4 Å². The number of hydrogen-bond donors (Lipinski definition) is 2. The molecule has 0 aromatic carbocycles. The first-order valence-corrected chi connectivity index (χ1v) is 9.66. The second-order valence-corrected chi connectivity index (χ2v) is 7.54. The van der Waals surface area contributed by atoms with Crippen LogP contribution in [0.3, 0.4) is 0 Å². The lowest BCUT2D eigenvalue weighted by Crippen LogP contribution is -2.62. The van der Waals surface area contributed by atoms with Gasteiger partial charge >= 0.3 is 0 Å². The smallest absolute Gasteiger partial charge is 0.178 e. The molecule has 2 fully saturated rings. The van der Waals surface area contributed by atoms with E-state index in [0.29, 0.717) is 19.0 Å². The molecule has 2 aliphatic rings. The van der Waals surface area contributed by atoms with Gasteiger partial charge in [0.25, 0.3) is 0 Å². The van der Waals surface area contributed by atoms with Gasteiger partial charge in [-0.1, -0.05) is 6.07 Å². The molecule has 0 amide bonds. The summed E-state index contributed by atoms with van der Waals surface area (Å²) >= 11 is 0. The maximum absolute atomic E-state index is 10.4. The maximum Gasteiger partial charge on any atom is 0.178 e. The SMILES string of the molecule is NCCOC1CC(O)C12CCN(Cc1cnc(-c3ccccn3)nc1)CC2. The summed E-state index contributed by atoms with van der Waals surface area (Å²) in [6, 6.07) is 5.72. The van der Waals surface area contributed by atoms with Crippen LogP contribution in [0.25, 0.3) is 11.5 Å². The van der Waals surface area contributed by atoms with Gasteiger partial charge in [0.1, 0.15) is 5.69 Å². The van der Waals surface area contributed by atoms with E-state index in [0.717, 1.165) is 50.2 Å². The fraction of sp³-hybridized carbons (Fsp3) is 0.550. The highest BCUT2D eigenvalue weighted by molar-refractivity contribution is 5.47. The number of nitrogens with two attached hydrogens (primary N) is 1. The van der Waals surface area contributed by atoms with Crippen LogP contribution in [0.4, 0.5) is 0 Å². The van der Waals surface area contributed by atoms with E-state index in [-0.39, 0.29) is 17.6 Å². The molecule has 27 heavy (non-hydrogen) atoms. The van der Waals surface area contributed by atoms with Gasteiger partial charge in [0.15, 0.2) is 5.82 Å². The summed E-state index contributed by atoms with van der Waals surface area (Å²) in [5.74, 6) is 0.648. The molecule has 144 valence electrons. The molecule has 0 radical (unpaired) electrons. The Morgan fingerprint density at radius 2 is 1.96 bits per heavy atom. The average molecular weight is 369 g/mol. The highest BCUT2D eigenvalue weighted by atomic mass is 16.5. The lowest BCUT2D eigenvalue weighted by Gasteiger charge is -2.56. The number of piperidine rings is 1. The molecule has 1 saturated heterocycles. The van der Waals surface area contributed by atoms with Crippen LogP contribution >= 0.6 is 0 Å². The third-order valence-corrected chi connectivity index (χ3v) is 5.97. The van der Waals surface area contributed by atoms with Crippen molar-refractivity contribution in [2.45, 2.75) is 38.0 Å². The standard InChI is InChI=1S/C20H27N5O2/c21-6-10-27-18-11-17(26)20(18)4-8-25(9-5-20)14-15-12-23-19(24-13-15)16-3-1-2-7-22-16/h1-3,7,12-13,17-18,26H,4-6,8-11,14,21H2. The van der Waals surface area contributed by atoms with Crippen molar-refractivity contribution < 1.29 is 9.84 Å². The zero-order valence-corrected chi connectivity index (χ0v) is 15.5. The third-order valence-electron chi connectivity index (χ3n) is 5.97. The number of aliphatic hydroxyl groups excluding tert-OH is 1. The molecule has 1 aliphatic heterocycles. The number of hydrogen-bond acceptors (Lipinski definition) is 7. The summed E-state index contributed by atoms with van der Waals surface area (Å²) in [6.45, 7) is 3.82. The molecule has 7 nitrogen and oxygen atoms in total. The van der Waals surface area contributed by atoms with Crippen molar-refractivity contribution in [1.82, 2.24) is 19.9 Å².